The number of nitrogens with zero attached hydrogens (tertiary/aromatic N) is 6. The Morgan fingerprint density at radius 2 is 0.612 bits per heavy atom. The number of aromatic nitrogens is 9. The summed E-state index contributed by atoms with van der Waals surface area (Å²) < 4.78 is 55.5. The number of benzene rings is 6. The lowest BCUT2D eigenvalue weighted by Crippen LogP contribution is -2.15. The molecule has 0 atom stereocenters. The molecular weight excluding hydrogens is 1400 g/mol. The number of nitrogens with one attached hydrogen (secondary N) is 3. The number of rotatable bonds is 25. The van der Waals surface area contributed by atoms with Gasteiger partial charge in [-0.2, -0.15) is 0 Å². The van der Waals surface area contributed by atoms with Crippen LogP contribution in [0.15, 0.2) is 155 Å². The standard InChI is InChI=1S/C25H24ClN3O6.2C24H22ClN3O6/c1-4-34-13-16-20(21-17(32-2)6-5-7-18(21)33-3)23(30)22(24(31)27-16)25-29-28-19(35-25)12-14-8-10-15(26)11-9-14;2*1-3-33-12-15-19(20-16(29)5-4-6-17(20)32-2)22(30)21(23(31)26-15)24-28-27-18(34-24)11-13-7-9-14(25)10-8-13/h5-11H,4,12-13H2,1-3H3,(H2,27,30,31);2*4-10,29H,3,11-12H2,1-2H3,(H2,26,30,31). The molecule has 27 nitrogen and oxygen atoms in total. The molecule has 6 aromatic carbocycles. The molecule has 6 aromatic heterocycles. The van der Waals surface area contributed by atoms with E-state index in [2.05, 4.69) is 45.5 Å². The first-order chi connectivity index (χ1) is 49.8. The van der Waals surface area contributed by atoms with Gasteiger partial charge in [-0.1, -0.05) is 89.4 Å². The van der Waals surface area contributed by atoms with Crippen LogP contribution in [0.5, 0.6) is 51.7 Å². The van der Waals surface area contributed by atoms with Gasteiger partial charge in [-0.3, -0.25) is 14.4 Å². The summed E-state index contributed by atoms with van der Waals surface area (Å²) >= 11 is 17.8. The van der Waals surface area contributed by atoms with Gasteiger partial charge in [0.25, 0.3) is 34.3 Å². The summed E-state index contributed by atoms with van der Waals surface area (Å²) in [6.45, 7) is 6.60. The fourth-order valence-corrected chi connectivity index (χ4v) is 11.2. The Kier molecular flexibility index (Phi) is 24.7. The molecule has 0 unspecified atom stereocenters. The Bertz CT molecular complexity index is 4880. The van der Waals surface area contributed by atoms with Crippen LogP contribution in [0.4, 0.5) is 0 Å². The van der Waals surface area contributed by atoms with E-state index in [0.29, 0.717) is 88.4 Å². The molecule has 103 heavy (non-hydrogen) atoms. The molecule has 0 aliphatic heterocycles. The molecule has 0 fully saturated rings. The Morgan fingerprint density at radius 3 is 0.883 bits per heavy atom. The number of aromatic amines is 3. The van der Waals surface area contributed by atoms with Crippen LogP contribution in [0.1, 0.15) is 72.2 Å². The average molecular weight is 1470 g/mol. The largest absolute Gasteiger partial charge is 0.507 e. The maximum absolute atomic E-state index is 13.0. The second kappa shape index (κ2) is 34.3. The highest BCUT2D eigenvalue weighted by Gasteiger charge is 2.31. The number of pyridine rings is 3. The van der Waals surface area contributed by atoms with E-state index in [0.717, 1.165) is 16.7 Å². The summed E-state index contributed by atoms with van der Waals surface area (Å²) in [6.07, 6.45) is 0.954. The van der Waals surface area contributed by atoms with Crippen molar-refractivity contribution in [2.24, 2.45) is 0 Å². The third kappa shape index (κ3) is 17.1. The van der Waals surface area contributed by atoms with Gasteiger partial charge >= 0.3 is 0 Å². The third-order valence-electron chi connectivity index (χ3n) is 15.6. The zero-order chi connectivity index (χ0) is 73.4. The van der Waals surface area contributed by atoms with Crippen LogP contribution in [-0.2, 0) is 53.3 Å². The minimum Gasteiger partial charge on any atom is -0.507 e. The number of hydrogen-bond acceptors (Lipinski definition) is 24. The van der Waals surface area contributed by atoms with Gasteiger partial charge in [-0.05, 0) is 110 Å². The van der Waals surface area contributed by atoms with Crippen LogP contribution in [0.25, 0.3) is 67.7 Å². The lowest BCUT2D eigenvalue weighted by Gasteiger charge is -2.18. The molecule has 30 heteroatoms. The van der Waals surface area contributed by atoms with E-state index in [4.69, 9.17) is 81.2 Å². The molecule has 0 bridgehead atoms. The number of hydrogen-bond donors (Lipinski definition) is 8. The highest BCUT2D eigenvalue weighted by atomic mass is 35.5. The first kappa shape index (κ1) is 74.2. The van der Waals surface area contributed by atoms with Crippen LogP contribution in [0.2, 0.25) is 15.1 Å². The summed E-state index contributed by atoms with van der Waals surface area (Å²) in [6, 6.07) is 36.0. The van der Waals surface area contributed by atoms with Gasteiger partial charge in [0.15, 0.2) is 0 Å². The molecule has 0 spiro atoms. The maximum Gasteiger partial charge on any atom is 0.264 e. The van der Waals surface area contributed by atoms with Crippen molar-refractivity contribution in [2.45, 2.75) is 59.9 Å². The number of H-pyrrole nitrogens is 3. The Balaban J connectivity index is 0.000000166. The molecule has 0 aliphatic carbocycles. The second-order valence-corrected chi connectivity index (χ2v) is 23.5. The average Bonchev–Trinajstić information content (AvgIpc) is 1.64. The molecule has 0 saturated carbocycles. The van der Waals surface area contributed by atoms with E-state index in [1.807, 2.05) is 43.3 Å². The van der Waals surface area contributed by atoms with Gasteiger partial charge in [0, 0.05) is 34.9 Å². The topological polar surface area (TPSA) is 381 Å². The summed E-state index contributed by atoms with van der Waals surface area (Å²) in [7, 11) is 5.88. The normalized spacial score (nSPS) is 11.0. The molecule has 12 rings (SSSR count). The Labute approximate surface area is 601 Å². The molecular formula is C73H68Cl3N9O18. The predicted octanol–water partition coefficient (Wildman–Crippen LogP) is 13.2. The summed E-state index contributed by atoms with van der Waals surface area (Å²) in [5, 5.41) is 80.9. The fraction of sp³-hybridized carbons (Fsp3) is 0.219. The van der Waals surface area contributed by atoms with Crippen molar-refractivity contribution in [1.29, 1.82) is 0 Å². The smallest absolute Gasteiger partial charge is 0.264 e. The van der Waals surface area contributed by atoms with Crippen molar-refractivity contribution in [1.82, 2.24) is 45.5 Å². The SMILES string of the molecule is CCOCc1[nH]c(=O)c(-c2nnc(Cc3ccc(Cl)cc3)o2)c(O)c1-c1c(O)cccc1OC.CCOCc1[nH]c(=O)c(-c2nnc(Cc3ccc(Cl)cc3)o2)c(O)c1-c1c(O)cccc1OC.CCOCc1[nH]c(=O)c(-c2nnc(Cc3ccc(Cl)cc3)o2)c(O)c1-c1c(OC)cccc1OC. The summed E-state index contributed by atoms with van der Waals surface area (Å²) in [5.74, 6) is 0.219. The Hall–Kier alpha value is -11.5. The minimum atomic E-state index is -0.646. The fourth-order valence-electron chi connectivity index (χ4n) is 10.8. The molecule has 534 valence electrons. The molecule has 0 radical (unpaired) electrons. The predicted molar refractivity (Wildman–Crippen MR) is 381 cm³/mol. The van der Waals surface area contributed by atoms with E-state index in [9.17, 15) is 39.9 Å². The van der Waals surface area contributed by atoms with E-state index in [1.54, 1.807) is 92.7 Å². The van der Waals surface area contributed by atoms with E-state index >= 15 is 0 Å². The highest BCUT2D eigenvalue weighted by Crippen LogP contribution is 2.49. The number of phenols is 2. The van der Waals surface area contributed by atoms with Gasteiger partial charge < -0.3 is 86.9 Å². The van der Waals surface area contributed by atoms with Gasteiger partial charge in [0.2, 0.25) is 17.7 Å². The lowest BCUT2D eigenvalue weighted by molar-refractivity contribution is 0.131. The monoisotopic (exact) mass is 1460 g/mol. The molecule has 12 aromatic rings. The van der Waals surface area contributed by atoms with Crippen molar-refractivity contribution < 1.29 is 71.9 Å². The van der Waals surface area contributed by atoms with Gasteiger partial charge in [0.05, 0.1) is 118 Å². The van der Waals surface area contributed by atoms with Crippen LogP contribution in [-0.4, -0.2) is 119 Å². The highest BCUT2D eigenvalue weighted by molar-refractivity contribution is 6.31. The number of ether oxygens (including phenoxy) is 7. The third-order valence-corrected chi connectivity index (χ3v) is 16.4. The molecule has 0 aliphatic rings. The van der Waals surface area contributed by atoms with Gasteiger partial charge in [-0.25, -0.2) is 0 Å². The van der Waals surface area contributed by atoms with Crippen molar-refractivity contribution in [3.63, 3.8) is 0 Å². The number of methoxy groups -OCH3 is 4. The zero-order valence-corrected chi connectivity index (χ0v) is 58.6. The van der Waals surface area contributed by atoms with Crippen molar-refractivity contribution in [2.75, 3.05) is 48.3 Å². The maximum atomic E-state index is 13.0. The van der Waals surface area contributed by atoms with Crippen LogP contribution in [0, 0.1) is 0 Å². The van der Waals surface area contributed by atoms with E-state index in [-0.39, 0.29) is 128 Å². The first-order valence-corrected chi connectivity index (χ1v) is 32.8. The molecule has 6 heterocycles. The van der Waals surface area contributed by atoms with E-state index in [1.165, 1.54) is 40.6 Å². The number of aromatic hydroxyl groups is 5. The van der Waals surface area contributed by atoms with Crippen molar-refractivity contribution in [3.8, 4) is 119 Å². The zero-order valence-electron chi connectivity index (χ0n) is 56.3. The van der Waals surface area contributed by atoms with E-state index < -0.39 is 28.2 Å². The van der Waals surface area contributed by atoms with Crippen LogP contribution in [0.3, 0.4) is 0 Å². The minimum absolute atomic E-state index is 0.0158. The molecule has 8 N–H and O–H groups in total. The molecule has 0 amide bonds. The molecule has 0 saturated heterocycles. The second-order valence-electron chi connectivity index (χ2n) is 22.2. The van der Waals surface area contributed by atoms with Crippen LogP contribution < -0.4 is 35.6 Å². The van der Waals surface area contributed by atoms with Gasteiger partial charge in [-0.15, -0.1) is 30.6 Å². The van der Waals surface area contributed by atoms with Crippen LogP contribution >= 0.6 is 34.8 Å². The van der Waals surface area contributed by atoms with Crippen molar-refractivity contribution >= 4 is 34.8 Å². The van der Waals surface area contributed by atoms with Crippen molar-refractivity contribution in [3.05, 3.63) is 225 Å². The summed E-state index contributed by atoms with van der Waals surface area (Å²) in [4.78, 5) is 47.1. The number of halogens is 3. The quantitative estimate of drug-likeness (QED) is 0.0263. The first-order valence-electron chi connectivity index (χ1n) is 31.6. The lowest BCUT2D eigenvalue weighted by atomic mass is 9.98. The Morgan fingerprint density at radius 1 is 0.350 bits per heavy atom. The summed E-state index contributed by atoms with van der Waals surface area (Å²) in [5.41, 5.74) is 2.39. The number of phenolic OH excluding ortho intramolecular Hbond substituents is 2. The van der Waals surface area contributed by atoms with Gasteiger partial charge in [0.1, 0.15) is 68.4 Å².